The van der Waals surface area contributed by atoms with Crippen LogP contribution in [0.5, 0.6) is 0 Å². The van der Waals surface area contributed by atoms with Crippen molar-refractivity contribution in [3.8, 4) is 11.3 Å². The summed E-state index contributed by atoms with van der Waals surface area (Å²) >= 11 is 0. The standard InChI is InChI=1S/C24H27F6N7O3S/c1-10(2)37-21-17(9-33-23(36-21)34-12-3-4-16(31)13(25)7-12)35-20(22(37)38)11-5-14(26)19(15(27)6-11)18(41(32,39)40)8-24(28,29)30/h5-6,9-10,12-13,16,18H,3-4,7-8,31H2,1-2H3,(H2,32,39,40)(H,33,34,36). The molecular weight excluding hydrogens is 580 g/mol. The van der Waals surface area contributed by atoms with Gasteiger partial charge in [-0.1, -0.05) is 0 Å². The van der Waals surface area contributed by atoms with Crippen LogP contribution in [-0.2, 0) is 10.0 Å². The van der Waals surface area contributed by atoms with Crippen molar-refractivity contribution >= 4 is 27.1 Å². The van der Waals surface area contributed by atoms with Crippen LogP contribution < -0.4 is 21.7 Å². The Kier molecular flexibility index (Phi) is 8.35. The summed E-state index contributed by atoms with van der Waals surface area (Å²) in [5, 5.41) is 5.13. The van der Waals surface area contributed by atoms with Crippen LogP contribution in [0.1, 0.15) is 56.4 Å². The van der Waals surface area contributed by atoms with Gasteiger partial charge in [0.15, 0.2) is 5.65 Å². The highest BCUT2D eigenvalue weighted by molar-refractivity contribution is 7.89. The summed E-state index contributed by atoms with van der Waals surface area (Å²) in [6, 6.07) is -0.379. The normalized spacial score (nSPS) is 20.9. The molecule has 41 heavy (non-hydrogen) atoms. The fraction of sp³-hybridized carbons (Fsp3) is 0.500. The second-order valence-corrected chi connectivity index (χ2v) is 12.0. The summed E-state index contributed by atoms with van der Waals surface area (Å²) in [7, 11) is -5.08. The van der Waals surface area contributed by atoms with Crippen LogP contribution in [0.3, 0.4) is 0 Å². The van der Waals surface area contributed by atoms with Crippen LogP contribution in [0.25, 0.3) is 22.4 Å². The van der Waals surface area contributed by atoms with Gasteiger partial charge in [0.25, 0.3) is 5.56 Å². The highest BCUT2D eigenvalue weighted by Crippen LogP contribution is 2.37. The van der Waals surface area contributed by atoms with Crippen LogP contribution in [0.15, 0.2) is 23.1 Å². The van der Waals surface area contributed by atoms with Crippen LogP contribution in [-0.4, -0.2) is 52.4 Å². The Morgan fingerprint density at radius 2 is 1.78 bits per heavy atom. The van der Waals surface area contributed by atoms with Crippen LogP contribution >= 0.6 is 0 Å². The Morgan fingerprint density at radius 1 is 1.15 bits per heavy atom. The minimum absolute atomic E-state index is 0.0391. The third-order valence-electron chi connectivity index (χ3n) is 6.79. The molecule has 4 rings (SSSR count). The molecular formula is C24H27F6N7O3S. The first kappa shape index (κ1) is 30.6. The van der Waals surface area contributed by atoms with Crippen molar-refractivity contribution in [2.24, 2.45) is 10.9 Å². The highest BCUT2D eigenvalue weighted by Gasteiger charge is 2.41. The zero-order chi connectivity index (χ0) is 30.4. The lowest BCUT2D eigenvalue weighted by molar-refractivity contribution is -0.135. The van der Waals surface area contributed by atoms with Gasteiger partial charge in [-0.2, -0.15) is 18.2 Å². The van der Waals surface area contributed by atoms with Crippen LogP contribution in [0, 0.1) is 11.6 Å². The van der Waals surface area contributed by atoms with Gasteiger partial charge in [-0.25, -0.2) is 36.7 Å². The predicted molar refractivity (Wildman–Crippen MR) is 138 cm³/mol. The molecule has 1 aliphatic carbocycles. The van der Waals surface area contributed by atoms with E-state index in [0.29, 0.717) is 25.0 Å². The maximum Gasteiger partial charge on any atom is 0.390 e. The maximum absolute atomic E-state index is 15.1. The maximum atomic E-state index is 15.1. The van der Waals surface area contributed by atoms with E-state index in [0.717, 1.165) is 0 Å². The van der Waals surface area contributed by atoms with Crippen molar-refractivity contribution in [3.63, 3.8) is 0 Å². The lowest BCUT2D eigenvalue weighted by Crippen LogP contribution is -2.42. The monoisotopic (exact) mass is 607 g/mol. The van der Waals surface area contributed by atoms with E-state index in [9.17, 15) is 30.8 Å². The lowest BCUT2D eigenvalue weighted by atomic mass is 9.90. The summed E-state index contributed by atoms with van der Waals surface area (Å²) in [5.41, 5.74) is 2.64. The number of rotatable bonds is 7. The van der Waals surface area contributed by atoms with E-state index >= 15 is 8.78 Å². The first-order chi connectivity index (χ1) is 19.0. The molecule has 224 valence electrons. The van der Waals surface area contributed by atoms with Crippen molar-refractivity contribution in [1.29, 1.82) is 0 Å². The fourth-order valence-corrected chi connectivity index (χ4v) is 5.79. The van der Waals surface area contributed by atoms with Gasteiger partial charge in [0, 0.05) is 35.7 Å². The number of fused-ring (bicyclic) bond motifs is 1. The fourth-order valence-electron chi connectivity index (χ4n) is 4.81. The molecule has 5 N–H and O–H groups in total. The first-order valence-corrected chi connectivity index (χ1v) is 14.1. The van der Waals surface area contributed by atoms with E-state index in [4.69, 9.17) is 10.9 Å². The molecule has 2 heterocycles. The van der Waals surface area contributed by atoms with Gasteiger partial charge in [-0.3, -0.25) is 9.36 Å². The van der Waals surface area contributed by atoms with Gasteiger partial charge in [0.1, 0.15) is 34.3 Å². The van der Waals surface area contributed by atoms with E-state index in [1.165, 1.54) is 10.8 Å². The van der Waals surface area contributed by atoms with Gasteiger partial charge in [0.2, 0.25) is 16.0 Å². The molecule has 4 atom stereocenters. The van der Waals surface area contributed by atoms with Crippen molar-refractivity contribution in [1.82, 2.24) is 19.5 Å². The third kappa shape index (κ3) is 6.62. The van der Waals surface area contributed by atoms with E-state index < -0.39 is 80.1 Å². The van der Waals surface area contributed by atoms with Crippen molar-refractivity contribution in [2.75, 3.05) is 5.32 Å². The van der Waals surface area contributed by atoms with Crippen molar-refractivity contribution in [2.45, 2.75) is 75.3 Å². The Bertz CT molecular complexity index is 1610. The van der Waals surface area contributed by atoms with Crippen molar-refractivity contribution in [3.05, 3.63) is 45.9 Å². The summed E-state index contributed by atoms with van der Waals surface area (Å²) in [6.45, 7) is 3.27. The molecule has 0 spiro atoms. The number of aromatic nitrogens is 4. The highest BCUT2D eigenvalue weighted by atomic mass is 32.2. The number of halogens is 6. The molecule has 0 radical (unpaired) electrons. The first-order valence-electron chi connectivity index (χ1n) is 12.5. The summed E-state index contributed by atoms with van der Waals surface area (Å²) in [4.78, 5) is 26.1. The topological polar surface area (TPSA) is 159 Å². The molecule has 17 heteroatoms. The van der Waals surface area contributed by atoms with Gasteiger partial charge >= 0.3 is 6.18 Å². The molecule has 1 fully saturated rings. The minimum atomic E-state index is -5.11. The number of nitrogens with two attached hydrogens (primary N) is 2. The number of hydrogen-bond donors (Lipinski definition) is 3. The van der Waals surface area contributed by atoms with Crippen LogP contribution in [0.2, 0.25) is 0 Å². The molecule has 0 saturated heterocycles. The molecule has 4 unspecified atom stereocenters. The molecule has 2 aromatic heterocycles. The lowest BCUT2D eigenvalue weighted by Gasteiger charge is -2.29. The summed E-state index contributed by atoms with van der Waals surface area (Å²) < 4.78 is 108. The van der Waals surface area contributed by atoms with Gasteiger partial charge < -0.3 is 11.1 Å². The number of nitrogens with one attached hydrogen (secondary N) is 1. The van der Waals surface area contributed by atoms with Gasteiger partial charge in [0.05, 0.1) is 12.6 Å². The molecule has 1 aliphatic rings. The third-order valence-corrected chi connectivity index (χ3v) is 7.99. The number of anilines is 1. The Labute approximate surface area is 230 Å². The quantitative estimate of drug-likeness (QED) is 0.344. The number of hydrogen-bond acceptors (Lipinski definition) is 8. The number of alkyl halides is 4. The molecule has 1 saturated carbocycles. The summed E-state index contributed by atoms with van der Waals surface area (Å²) in [5.74, 6) is -3.22. The van der Waals surface area contributed by atoms with E-state index in [1.807, 2.05) is 0 Å². The molecule has 10 nitrogen and oxygen atoms in total. The Balaban J connectivity index is 1.79. The average molecular weight is 608 g/mol. The van der Waals surface area contributed by atoms with Gasteiger partial charge in [-0.15, -0.1) is 0 Å². The minimum Gasteiger partial charge on any atom is -0.351 e. The van der Waals surface area contributed by atoms with Crippen molar-refractivity contribution < 1.29 is 34.8 Å². The van der Waals surface area contributed by atoms with Crippen LogP contribution in [0.4, 0.5) is 32.3 Å². The summed E-state index contributed by atoms with van der Waals surface area (Å²) in [6.07, 6.45) is -6.03. The number of benzene rings is 1. The predicted octanol–water partition coefficient (Wildman–Crippen LogP) is 3.62. The number of sulfonamides is 1. The Hall–Kier alpha value is -3.31. The SMILES string of the molecule is CC(C)n1c(=O)c(-c2cc(F)c(C(CC(F)(F)F)S(N)(=O)=O)c(F)c2)nc2cnc(NC3CCC(N)C(F)C3)nc21. The Morgan fingerprint density at radius 3 is 2.32 bits per heavy atom. The smallest absolute Gasteiger partial charge is 0.351 e. The zero-order valence-electron chi connectivity index (χ0n) is 21.8. The van der Waals surface area contributed by atoms with E-state index in [1.54, 1.807) is 13.8 Å². The molecule has 1 aromatic carbocycles. The molecule has 0 amide bonds. The zero-order valence-corrected chi connectivity index (χ0v) is 22.6. The largest absolute Gasteiger partial charge is 0.390 e. The number of nitrogens with zero attached hydrogens (tertiary/aromatic N) is 4. The van der Waals surface area contributed by atoms with E-state index in [2.05, 4.69) is 20.3 Å². The molecule has 0 bridgehead atoms. The average Bonchev–Trinajstić information content (AvgIpc) is 2.83. The van der Waals surface area contributed by atoms with Gasteiger partial charge in [-0.05, 0) is 38.8 Å². The number of primary sulfonamides is 1. The van der Waals surface area contributed by atoms with E-state index in [-0.39, 0.29) is 29.6 Å². The molecule has 0 aliphatic heterocycles. The second-order valence-electron chi connectivity index (χ2n) is 10.2. The second kappa shape index (κ2) is 11.2. The molecule has 3 aromatic rings.